The second kappa shape index (κ2) is 7.60. The maximum Gasteiger partial charge on any atom is 0.225 e. The maximum atomic E-state index is 11.4. The van der Waals surface area contributed by atoms with Gasteiger partial charge in [-0.1, -0.05) is 95.9 Å². The molecule has 5 nitrogen and oxygen atoms in total. The van der Waals surface area contributed by atoms with Gasteiger partial charge < -0.3 is 14.8 Å². The van der Waals surface area contributed by atoms with Gasteiger partial charge in [0.05, 0.1) is 6.61 Å². The number of hydroxylamine groups is 1. The van der Waals surface area contributed by atoms with Crippen molar-refractivity contribution < 1.29 is 14.4 Å². The Bertz CT molecular complexity index is 802. The lowest BCUT2D eigenvalue weighted by molar-refractivity contribution is -0.524. The van der Waals surface area contributed by atoms with Crippen LogP contribution in [0.4, 0.5) is 0 Å². The predicted molar refractivity (Wildman–Crippen MR) is 101 cm³/mol. The van der Waals surface area contributed by atoms with Gasteiger partial charge in [0.15, 0.2) is 0 Å². The summed E-state index contributed by atoms with van der Waals surface area (Å²) >= 11 is 0. The van der Waals surface area contributed by atoms with E-state index in [1.165, 1.54) is 0 Å². The fourth-order valence-corrected chi connectivity index (χ4v) is 3.43. The average molecular weight is 360 g/mol. The minimum Gasteiger partial charge on any atom is -0.597 e. The molecule has 1 aliphatic heterocycles. The maximum absolute atomic E-state index is 11.4. The molecule has 1 heterocycles. The van der Waals surface area contributed by atoms with E-state index in [9.17, 15) is 5.21 Å². The topological polar surface area (TPSA) is 56.9 Å². The van der Waals surface area contributed by atoms with Crippen LogP contribution in [0, 0.1) is 5.21 Å². The highest BCUT2D eigenvalue weighted by molar-refractivity contribution is 5.47. The Morgan fingerprint density at radius 2 is 1.30 bits per heavy atom. The predicted octanol–water partition coefficient (Wildman–Crippen LogP) is 4.27. The molecule has 0 bridgehead atoms. The Labute approximate surface area is 158 Å². The molecule has 0 saturated carbocycles. The molecule has 4 rings (SSSR count). The summed E-state index contributed by atoms with van der Waals surface area (Å²) in [5.41, 5.74) is 2.22. The first-order valence-electron chi connectivity index (χ1n) is 8.91. The van der Waals surface area contributed by atoms with Crippen LogP contribution in [0.15, 0.2) is 96.3 Å². The van der Waals surface area contributed by atoms with Gasteiger partial charge in [0.25, 0.3) is 0 Å². The molecule has 3 aromatic carbocycles. The molecule has 0 fully saturated rings. The van der Waals surface area contributed by atoms with Gasteiger partial charge in [-0.2, -0.15) is 0 Å². The van der Waals surface area contributed by atoms with Gasteiger partial charge in [0.1, 0.15) is 5.60 Å². The summed E-state index contributed by atoms with van der Waals surface area (Å²) in [7, 11) is 0. The monoisotopic (exact) mass is 360 g/mol. The molecule has 1 atom stereocenters. The first-order chi connectivity index (χ1) is 13.3. The molecule has 1 unspecified atom stereocenters. The number of rotatable bonds is 6. The molecule has 1 aliphatic rings. The highest BCUT2D eigenvalue weighted by Crippen LogP contribution is 2.40. The summed E-state index contributed by atoms with van der Waals surface area (Å²) in [6.45, 7) is 0.398. The number of ether oxygens (including phenoxy) is 1. The van der Waals surface area contributed by atoms with Gasteiger partial charge in [-0.05, 0) is 16.7 Å². The molecule has 0 amide bonds. The van der Waals surface area contributed by atoms with E-state index in [1.807, 2.05) is 54.6 Å². The number of hydrogen-bond donors (Lipinski definition) is 0. The average Bonchev–Trinajstić information content (AvgIpc) is 3.16. The number of nitrogens with zero attached hydrogens (tertiary/aromatic N) is 2. The van der Waals surface area contributed by atoms with Gasteiger partial charge in [0.2, 0.25) is 17.9 Å². The highest BCUT2D eigenvalue weighted by Gasteiger charge is 2.39. The van der Waals surface area contributed by atoms with Crippen LogP contribution in [0.5, 0.6) is 0 Å². The molecule has 0 spiro atoms. The smallest absolute Gasteiger partial charge is 0.225 e. The molecular formula is C22H20N2O3. The van der Waals surface area contributed by atoms with Crippen LogP contribution in [0.25, 0.3) is 0 Å². The minimum absolute atomic E-state index is 0.161. The van der Waals surface area contributed by atoms with Crippen LogP contribution in [0.1, 0.15) is 16.7 Å². The quantitative estimate of drug-likeness (QED) is 0.375. The van der Waals surface area contributed by atoms with Crippen molar-refractivity contribution in [3.05, 3.63) is 113 Å². The molecule has 136 valence electrons. The highest BCUT2D eigenvalue weighted by atomic mass is 16.7. The summed E-state index contributed by atoms with van der Waals surface area (Å²) in [5, 5.41) is 14.8. The van der Waals surface area contributed by atoms with Gasteiger partial charge in [0, 0.05) is 0 Å². The molecule has 0 aromatic heterocycles. The fourth-order valence-electron chi connectivity index (χ4n) is 3.43. The minimum atomic E-state index is -0.816. The van der Waals surface area contributed by atoms with E-state index in [4.69, 9.17) is 9.57 Å². The van der Waals surface area contributed by atoms with Crippen molar-refractivity contribution in [2.75, 3.05) is 13.2 Å². The van der Waals surface area contributed by atoms with Crippen molar-refractivity contribution in [1.82, 2.24) is 0 Å². The van der Waals surface area contributed by atoms with E-state index in [0.717, 1.165) is 16.7 Å². The van der Waals surface area contributed by atoms with E-state index in [-0.39, 0.29) is 13.2 Å². The van der Waals surface area contributed by atoms with Crippen LogP contribution in [0.3, 0.4) is 0 Å². The van der Waals surface area contributed by atoms with E-state index >= 15 is 0 Å². The molecule has 0 saturated heterocycles. The molecular weight excluding hydrogens is 340 g/mol. The molecule has 27 heavy (non-hydrogen) atoms. The Kier molecular flexibility index (Phi) is 4.85. The van der Waals surface area contributed by atoms with Crippen LogP contribution >= 0.6 is 0 Å². The summed E-state index contributed by atoms with van der Waals surface area (Å²) in [6.07, 6.45) is -0.405. The second-order valence-corrected chi connectivity index (χ2v) is 6.43. The number of hydrogen-bond acceptors (Lipinski definition) is 4. The van der Waals surface area contributed by atoms with Crippen molar-refractivity contribution in [1.29, 1.82) is 0 Å². The van der Waals surface area contributed by atoms with Crippen LogP contribution in [0.2, 0.25) is 0 Å². The molecule has 0 radical (unpaired) electrons. The molecule has 5 heteroatoms. The summed E-state index contributed by atoms with van der Waals surface area (Å²) < 4.78 is 6.57. The van der Waals surface area contributed by atoms with Crippen LogP contribution in [-0.2, 0) is 15.2 Å². The largest absolute Gasteiger partial charge is 0.597 e. The lowest BCUT2D eigenvalue weighted by Crippen LogP contribution is -2.36. The van der Waals surface area contributed by atoms with Crippen molar-refractivity contribution >= 4 is 0 Å². The van der Waals surface area contributed by atoms with Crippen LogP contribution < -0.4 is 0 Å². The van der Waals surface area contributed by atoms with Crippen molar-refractivity contribution in [2.45, 2.75) is 11.7 Å². The van der Waals surface area contributed by atoms with Crippen LogP contribution in [-0.4, -0.2) is 24.1 Å². The standard InChI is InChI=1S/C22H20N2O3/c25-24-16-21(27-23-24)17-26-22(18-10-4-1-5-11-18,19-12-6-2-7-13-19)20-14-8-3-9-15-20/h1-15,21H,16-17H2. The summed E-state index contributed by atoms with van der Waals surface area (Å²) in [6, 6.07) is 30.3. The molecule has 0 N–H and O–H groups in total. The van der Waals surface area contributed by atoms with E-state index < -0.39 is 11.7 Å². The lowest BCUT2D eigenvalue weighted by atomic mass is 9.80. The third kappa shape index (κ3) is 3.41. The third-order valence-corrected chi connectivity index (χ3v) is 4.67. The van der Waals surface area contributed by atoms with Gasteiger partial charge in [-0.25, -0.2) is 0 Å². The zero-order valence-electron chi connectivity index (χ0n) is 14.8. The third-order valence-electron chi connectivity index (χ3n) is 4.67. The van der Waals surface area contributed by atoms with Crippen molar-refractivity contribution in [3.63, 3.8) is 0 Å². The normalized spacial score (nSPS) is 16.6. The molecule has 3 aromatic rings. The number of benzene rings is 3. The zero-order valence-corrected chi connectivity index (χ0v) is 14.8. The Morgan fingerprint density at radius 1 is 0.852 bits per heavy atom. The lowest BCUT2D eigenvalue weighted by Gasteiger charge is -2.36. The van der Waals surface area contributed by atoms with E-state index in [0.29, 0.717) is 4.86 Å². The first kappa shape index (κ1) is 17.2. The summed E-state index contributed by atoms with van der Waals surface area (Å²) in [5.74, 6) is 0. The van der Waals surface area contributed by atoms with Gasteiger partial charge >= 0.3 is 0 Å². The Morgan fingerprint density at radius 3 is 1.67 bits per heavy atom. The second-order valence-electron chi connectivity index (χ2n) is 6.43. The van der Waals surface area contributed by atoms with Crippen molar-refractivity contribution in [3.8, 4) is 0 Å². The molecule has 0 aliphatic carbocycles. The first-order valence-corrected chi connectivity index (χ1v) is 8.91. The van der Waals surface area contributed by atoms with E-state index in [1.54, 1.807) is 0 Å². The SMILES string of the molecule is [O-][N+]1=NOC(COC(c2ccccc2)(c2ccccc2)c2ccccc2)C1. The Balaban J connectivity index is 1.81. The van der Waals surface area contributed by atoms with Gasteiger partial charge in [-0.15, -0.1) is 0 Å². The van der Waals surface area contributed by atoms with Crippen molar-refractivity contribution in [2.24, 2.45) is 5.28 Å². The van der Waals surface area contributed by atoms with E-state index in [2.05, 4.69) is 41.7 Å². The van der Waals surface area contributed by atoms with Gasteiger partial charge in [-0.3, -0.25) is 0 Å². The summed E-state index contributed by atoms with van der Waals surface area (Å²) in [4.78, 5) is 5.73. The Hall–Kier alpha value is -3.18. The fraction of sp³-hybridized carbons (Fsp3) is 0.182. The zero-order chi connectivity index (χ0) is 18.5.